The second-order valence-corrected chi connectivity index (χ2v) is 3.70. The summed E-state index contributed by atoms with van der Waals surface area (Å²) in [5.74, 6) is -0.941. The second-order valence-electron chi connectivity index (χ2n) is 2.91. The molecule has 0 amide bonds. The highest BCUT2D eigenvalue weighted by Crippen LogP contribution is 2.29. The van der Waals surface area contributed by atoms with Gasteiger partial charge in [0.15, 0.2) is 5.95 Å². The fraction of sp³-hybridized carbons (Fsp3) is 0. The lowest BCUT2D eigenvalue weighted by atomic mass is 10.1. The van der Waals surface area contributed by atoms with Crippen molar-refractivity contribution in [3.63, 3.8) is 0 Å². The highest BCUT2D eigenvalue weighted by atomic mass is 79.9. The van der Waals surface area contributed by atoms with Gasteiger partial charge in [0.25, 0.3) is 0 Å². The SMILES string of the molecule is Nc1nc(-c2cc(F)ccc2F)c(Br)[nH]1. The van der Waals surface area contributed by atoms with Gasteiger partial charge in [0.1, 0.15) is 21.9 Å². The third kappa shape index (κ3) is 1.85. The number of rotatable bonds is 1. The molecule has 3 nitrogen and oxygen atoms in total. The van der Waals surface area contributed by atoms with Crippen molar-refractivity contribution in [2.24, 2.45) is 0 Å². The highest BCUT2D eigenvalue weighted by Gasteiger charge is 2.13. The molecular formula is C9H6BrF2N3. The molecule has 0 fully saturated rings. The molecular weight excluding hydrogens is 268 g/mol. The lowest BCUT2D eigenvalue weighted by Gasteiger charge is -1.99. The molecule has 6 heteroatoms. The van der Waals surface area contributed by atoms with Gasteiger partial charge in [-0.2, -0.15) is 0 Å². The number of halogens is 3. The van der Waals surface area contributed by atoms with E-state index < -0.39 is 11.6 Å². The molecule has 0 unspecified atom stereocenters. The number of aromatic amines is 1. The zero-order valence-electron chi connectivity index (χ0n) is 7.39. The van der Waals surface area contributed by atoms with Crippen molar-refractivity contribution < 1.29 is 8.78 Å². The smallest absolute Gasteiger partial charge is 0.198 e. The number of hydrogen-bond donors (Lipinski definition) is 2. The summed E-state index contributed by atoms with van der Waals surface area (Å²) in [4.78, 5) is 6.50. The van der Waals surface area contributed by atoms with Crippen LogP contribution in [0.15, 0.2) is 22.8 Å². The van der Waals surface area contributed by atoms with Crippen molar-refractivity contribution in [2.45, 2.75) is 0 Å². The van der Waals surface area contributed by atoms with Crippen LogP contribution in [0.25, 0.3) is 11.3 Å². The Bertz CT molecular complexity index is 510. The first-order valence-corrected chi connectivity index (χ1v) is 4.83. The van der Waals surface area contributed by atoms with E-state index in [1.165, 1.54) is 0 Å². The van der Waals surface area contributed by atoms with Gasteiger partial charge in [0.2, 0.25) is 0 Å². The van der Waals surface area contributed by atoms with E-state index in [1.54, 1.807) is 0 Å². The van der Waals surface area contributed by atoms with Crippen molar-refractivity contribution in [1.82, 2.24) is 9.97 Å². The van der Waals surface area contributed by atoms with Gasteiger partial charge in [-0.15, -0.1) is 0 Å². The average molecular weight is 274 g/mol. The van der Waals surface area contributed by atoms with Gasteiger partial charge in [-0.3, -0.25) is 0 Å². The van der Waals surface area contributed by atoms with Crippen LogP contribution < -0.4 is 5.73 Å². The van der Waals surface area contributed by atoms with E-state index in [9.17, 15) is 8.78 Å². The van der Waals surface area contributed by atoms with Gasteiger partial charge < -0.3 is 10.7 Å². The monoisotopic (exact) mass is 273 g/mol. The van der Waals surface area contributed by atoms with Crippen molar-refractivity contribution in [3.05, 3.63) is 34.4 Å². The molecule has 1 aromatic heterocycles. The topological polar surface area (TPSA) is 54.7 Å². The van der Waals surface area contributed by atoms with E-state index in [0.29, 0.717) is 4.60 Å². The Balaban J connectivity index is 2.62. The number of nitrogen functional groups attached to an aromatic ring is 1. The van der Waals surface area contributed by atoms with Gasteiger partial charge >= 0.3 is 0 Å². The zero-order chi connectivity index (χ0) is 11.0. The number of aromatic nitrogens is 2. The molecule has 0 saturated carbocycles. The standard InChI is InChI=1S/C9H6BrF2N3/c10-8-7(14-9(13)15-8)5-3-4(11)1-2-6(5)12/h1-3H,(H3,13,14,15). The van der Waals surface area contributed by atoms with E-state index in [-0.39, 0.29) is 17.2 Å². The van der Waals surface area contributed by atoms with Crippen LogP contribution in [-0.2, 0) is 0 Å². The second kappa shape index (κ2) is 3.62. The molecule has 0 radical (unpaired) electrons. The minimum absolute atomic E-state index is 0.0647. The zero-order valence-corrected chi connectivity index (χ0v) is 8.98. The van der Waals surface area contributed by atoms with Gasteiger partial charge in [-0.05, 0) is 34.1 Å². The first-order chi connectivity index (χ1) is 7.08. The fourth-order valence-corrected chi connectivity index (χ4v) is 1.73. The van der Waals surface area contributed by atoms with E-state index in [0.717, 1.165) is 18.2 Å². The Hall–Kier alpha value is -1.43. The Morgan fingerprint density at radius 2 is 2.07 bits per heavy atom. The summed E-state index contributed by atoms with van der Waals surface area (Å²) in [7, 11) is 0. The van der Waals surface area contributed by atoms with Crippen molar-refractivity contribution in [2.75, 3.05) is 5.73 Å². The predicted octanol–water partition coefficient (Wildman–Crippen LogP) is 2.70. The third-order valence-corrected chi connectivity index (χ3v) is 2.44. The normalized spacial score (nSPS) is 10.6. The minimum atomic E-state index is -0.552. The minimum Gasteiger partial charge on any atom is -0.369 e. The van der Waals surface area contributed by atoms with Crippen LogP contribution in [0.2, 0.25) is 0 Å². The van der Waals surface area contributed by atoms with Crippen LogP contribution in [0.4, 0.5) is 14.7 Å². The van der Waals surface area contributed by atoms with E-state index in [1.807, 2.05) is 0 Å². The lowest BCUT2D eigenvalue weighted by molar-refractivity contribution is 0.602. The summed E-state index contributed by atoms with van der Waals surface area (Å²) in [6.45, 7) is 0. The predicted molar refractivity (Wildman–Crippen MR) is 56.1 cm³/mol. The maximum absolute atomic E-state index is 13.4. The summed E-state index contributed by atoms with van der Waals surface area (Å²) in [6.07, 6.45) is 0. The molecule has 0 bridgehead atoms. The number of nitrogens with zero attached hydrogens (tertiary/aromatic N) is 1. The molecule has 0 atom stereocenters. The Morgan fingerprint density at radius 1 is 1.33 bits per heavy atom. The van der Waals surface area contributed by atoms with Crippen molar-refractivity contribution in [3.8, 4) is 11.3 Å². The molecule has 0 aliphatic heterocycles. The van der Waals surface area contributed by atoms with E-state index in [2.05, 4.69) is 25.9 Å². The molecule has 3 N–H and O–H groups in total. The number of anilines is 1. The van der Waals surface area contributed by atoms with Crippen LogP contribution >= 0.6 is 15.9 Å². The van der Waals surface area contributed by atoms with Crippen LogP contribution in [0.3, 0.4) is 0 Å². The molecule has 0 spiro atoms. The fourth-order valence-electron chi connectivity index (χ4n) is 1.23. The Morgan fingerprint density at radius 3 is 2.67 bits per heavy atom. The van der Waals surface area contributed by atoms with Crippen LogP contribution in [-0.4, -0.2) is 9.97 Å². The highest BCUT2D eigenvalue weighted by molar-refractivity contribution is 9.10. The lowest BCUT2D eigenvalue weighted by Crippen LogP contribution is -1.88. The molecule has 0 aliphatic rings. The van der Waals surface area contributed by atoms with Gasteiger partial charge in [0, 0.05) is 5.56 Å². The summed E-state index contributed by atoms with van der Waals surface area (Å²) in [5.41, 5.74) is 5.71. The van der Waals surface area contributed by atoms with Gasteiger partial charge in [0.05, 0.1) is 0 Å². The van der Waals surface area contributed by atoms with E-state index >= 15 is 0 Å². The average Bonchev–Trinajstić information content (AvgIpc) is 2.50. The van der Waals surface area contributed by atoms with Crippen molar-refractivity contribution >= 4 is 21.9 Å². The summed E-state index contributed by atoms with van der Waals surface area (Å²) < 4.78 is 26.7. The summed E-state index contributed by atoms with van der Waals surface area (Å²) in [6, 6.07) is 3.15. The summed E-state index contributed by atoms with van der Waals surface area (Å²) >= 11 is 3.13. The largest absolute Gasteiger partial charge is 0.369 e. The molecule has 0 saturated heterocycles. The first-order valence-electron chi connectivity index (χ1n) is 4.04. The first kappa shape index (κ1) is 10.1. The van der Waals surface area contributed by atoms with Crippen molar-refractivity contribution in [1.29, 1.82) is 0 Å². The number of H-pyrrole nitrogens is 1. The summed E-state index contributed by atoms with van der Waals surface area (Å²) in [5, 5.41) is 0. The van der Waals surface area contributed by atoms with Crippen LogP contribution in [0.1, 0.15) is 0 Å². The number of imidazole rings is 1. The number of benzene rings is 1. The van der Waals surface area contributed by atoms with E-state index in [4.69, 9.17) is 5.73 Å². The molecule has 1 aromatic carbocycles. The molecule has 78 valence electrons. The maximum atomic E-state index is 13.4. The molecule has 2 aromatic rings. The van der Waals surface area contributed by atoms with Gasteiger partial charge in [-0.25, -0.2) is 13.8 Å². The quantitative estimate of drug-likeness (QED) is 0.840. The number of nitrogens with one attached hydrogen (secondary N) is 1. The van der Waals surface area contributed by atoms with Crippen LogP contribution in [0.5, 0.6) is 0 Å². The Labute approximate surface area is 92.5 Å². The number of hydrogen-bond acceptors (Lipinski definition) is 2. The number of nitrogens with two attached hydrogens (primary N) is 1. The van der Waals surface area contributed by atoms with Gasteiger partial charge in [-0.1, -0.05) is 0 Å². The molecule has 15 heavy (non-hydrogen) atoms. The molecule has 1 heterocycles. The van der Waals surface area contributed by atoms with Crippen LogP contribution in [0, 0.1) is 11.6 Å². The Kier molecular flexibility index (Phi) is 2.44. The molecule has 2 rings (SSSR count). The molecule has 0 aliphatic carbocycles. The maximum Gasteiger partial charge on any atom is 0.198 e. The third-order valence-electron chi connectivity index (χ3n) is 1.86.